The molecule has 0 bridgehead atoms. The van der Waals surface area contributed by atoms with E-state index in [1.807, 2.05) is 13.8 Å². The molecule has 0 radical (unpaired) electrons. The van der Waals surface area contributed by atoms with Crippen molar-refractivity contribution in [1.82, 2.24) is 4.98 Å². The number of aryl methyl sites for hydroxylation is 3. The second kappa shape index (κ2) is 5.35. The number of nitrogens with zero attached hydrogens (tertiary/aromatic N) is 1. The number of oxazole rings is 1. The van der Waals surface area contributed by atoms with Gasteiger partial charge in [-0.3, -0.25) is 0 Å². The molecule has 0 saturated carbocycles. The molecule has 0 fully saturated rings. The van der Waals surface area contributed by atoms with Crippen LogP contribution in [0.25, 0.3) is 0 Å². The molecule has 2 aromatic rings. The number of hydrogen-bond donors (Lipinski definition) is 1. The molecule has 1 heterocycles. The summed E-state index contributed by atoms with van der Waals surface area (Å²) in [4.78, 5) is 5.04. The predicted octanol–water partition coefficient (Wildman–Crippen LogP) is 3.94. The molecule has 0 saturated heterocycles. The van der Waals surface area contributed by atoms with Gasteiger partial charge in [0.25, 0.3) is 5.22 Å². The molecule has 102 valence electrons. The van der Waals surface area contributed by atoms with Crippen molar-refractivity contribution in [3.05, 3.63) is 40.5 Å². The molecule has 2 rings (SSSR count). The summed E-state index contributed by atoms with van der Waals surface area (Å²) in [7, 11) is 0. The molecule has 0 aliphatic carbocycles. The van der Waals surface area contributed by atoms with Crippen LogP contribution in [0.4, 0.5) is 4.39 Å². The fourth-order valence-electron chi connectivity index (χ4n) is 1.67. The van der Waals surface area contributed by atoms with E-state index in [0.29, 0.717) is 16.3 Å². The van der Waals surface area contributed by atoms with E-state index in [4.69, 9.17) is 4.42 Å². The largest absolute Gasteiger partial charge is 0.436 e. The van der Waals surface area contributed by atoms with Gasteiger partial charge in [-0.2, -0.15) is 0 Å². The summed E-state index contributed by atoms with van der Waals surface area (Å²) in [5.41, 5.74) is 1.91. The predicted molar refractivity (Wildman–Crippen MR) is 71.9 cm³/mol. The lowest BCUT2D eigenvalue weighted by atomic mass is 10.1. The van der Waals surface area contributed by atoms with E-state index in [0.717, 1.165) is 16.3 Å². The number of rotatable bonds is 3. The Bertz CT molecular complexity index is 588. The Kier molecular flexibility index (Phi) is 3.96. The molecule has 1 N–H and O–H groups in total. The maximum absolute atomic E-state index is 13.6. The van der Waals surface area contributed by atoms with Crippen LogP contribution < -0.4 is 0 Å². The van der Waals surface area contributed by atoms with E-state index in [1.54, 1.807) is 19.9 Å². The van der Waals surface area contributed by atoms with Gasteiger partial charge in [0.2, 0.25) is 0 Å². The third-order valence-corrected chi connectivity index (χ3v) is 3.87. The first kappa shape index (κ1) is 14.1. The third-order valence-electron chi connectivity index (χ3n) is 2.95. The lowest BCUT2D eigenvalue weighted by Crippen LogP contribution is -1.97. The summed E-state index contributed by atoms with van der Waals surface area (Å²) in [6, 6.07) is 3.07. The average Bonchev–Trinajstić information content (AvgIpc) is 2.62. The summed E-state index contributed by atoms with van der Waals surface area (Å²) in [5.74, 6) is 0.444. The highest BCUT2D eigenvalue weighted by Crippen LogP contribution is 2.35. The fraction of sp³-hybridized carbons (Fsp3) is 0.357. The van der Waals surface area contributed by atoms with Gasteiger partial charge in [-0.1, -0.05) is 0 Å². The van der Waals surface area contributed by atoms with Crippen molar-refractivity contribution in [1.29, 1.82) is 0 Å². The van der Waals surface area contributed by atoms with Crippen LogP contribution >= 0.6 is 11.8 Å². The van der Waals surface area contributed by atoms with Crippen LogP contribution in [0, 0.1) is 26.6 Å². The molecule has 1 aromatic heterocycles. The molecule has 0 spiro atoms. The summed E-state index contributed by atoms with van der Waals surface area (Å²) >= 11 is 1.30. The van der Waals surface area contributed by atoms with Crippen LogP contribution in [0.15, 0.2) is 26.7 Å². The Hall–Kier alpha value is -1.33. The van der Waals surface area contributed by atoms with Crippen molar-refractivity contribution in [3.63, 3.8) is 0 Å². The van der Waals surface area contributed by atoms with Gasteiger partial charge in [-0.15, -0.1) is 0 Å². The summed E-state index contributed by atoms with van der Waals surface area (Å²) in [6.07, 6.45) is -0.741. The van der Waals surface area contributed by atoms with Crippen LogP contribution in [0.2, 0.25) is 0 Å². The van der Waals surface area contributed by atoms with E-state index in [-0.39, 0.29) is 5.82 Å². The van der Waals surface area contributed by atoms with Crippen molar-refractivity contribution in [2.24, 2.45) is 0 Å². The zero-order chi connectivity index (χ0) is 14.2. The second-order valence-electron chi connectivity index (χ2n) is 4.54. The Balaban J connectivity index is 2.41. The van der Waals surface area contributed by atoms with E-state index in [1.165, 1.54) is 17.8 Å². The molecule has 0 amide bonds. The minimum atomic E-state index is -0.741. The highest BCUT2D eigenvalue weighted by atomic mass is 32.2. The monoisotopic (exact) mass is 281 g/mol. The molecule has 0 aliphatic heterocycles. The van der Waals surface area contributed by atoms with Gasteiger partial charge in [0, 0.05) is 4.90 Å². The van der Waals surface area contributed by atoms with Gasteiger partial charge < -0.3 is 9.52 Å². The smallest absolute Gasteiger partial charge is 0.261 e. The van der Waals surface area contributed by atoms with Crippen molar-refractivity contribution >= 4 is 11.8 Å². The topological polar surface area (TPSA) is 46.3 Å². The molecule has 1 atom stereocenters. The Morgan fingerprint density at radius 1 is 1.32 bits per heavy atom. The summed E-state index contributed by atoms with van der Waals surface area (Å²) in [6.45, 7) is 7.02. The number of aliphatic hydroxyl groups excluding tert-OH is 1. The van der Waals surface area contributed by atoms with Gasteiger partial charge >= 0.3 is 0 Å². The molecular weight excluding hydrogens is 265 g/mol. The van der Waals surface area contributed by atoms with E-state index >= 15 is 0 Å². The summed E-state index contributed by atoms with van der Waals surface area (Å²) in [5, 5.41) is 10.2. The Morgan fingerprint density at radius 3 is 2.53 bits per heavy atom. The number of hydrogen-bond acceptors (Lipinski definition) is 4. The van der Waals surface area contributed by atoms with Gasteiger partial charge in [0.1, 0.15) is 11.6 Å². The van der Waals surface area contributed by atoms with Crippen molar-refractivity contribution in [2.45, 2.75) is 43.9 Å². The lowest BCUT2D eigenvalue weighted by Gasteiger charge is -2.11. The van der Waals surface area contributed by atoms with E-state index < -0.39 is 6.10 Å². The highest BCUT2D eigenvalue weighted by molar-refractivity contribution is 7.99. The molecule has 3 nitrogen and oxygen atoms in total. The van der Waals surface area contributed by atoms with Crippen molar-refractivity contribution in [3.8, 4) is 0 Å². The van der Waals surface area contributed by atoms with E-state index in [2.05, 4.69) is 4.98 Å². The molecule has 5 heteroatoms. The first-order valence-electron chi connectivity index (χ1n) is 5.98. The standard InChI is InChI=1S/C14H16FNO2S/c1-7-5-13(11(9(3)17)6-12(7)15)19-14-16-8(2)10(4)18-14/h5-6,9,17H,1-4H3/t9-/m0/s1. The van der Waals surface area contributed by atoms with E-state index in [9.17, 15) is 9.50 Å². The molecule has 0 unspecified atom stereocenters. The number of aromatic nitrogens is 1. The maximum Gasteiger partial charge on any atom is 0.261 e. The first-order valence-corrected chi connectivity index (χ1v) is 6.80. The van der Waals surface area contributed by atoms with Crippen LogP contribution in [0.5, 0.6) is 0 Å². The quantitative estimate of drug-likeness (QED) is 0.925. The first-order chi connectivity index (χ1) is 8.88. The zero-order valence-corrected chi connectivity index (χ0v) is 12.1. The Morgan fingerprint density at radius 2 is 2.00 bits per heavy atom. The van der Waals surface area contributed by atoms with Crippen LogP contribution in [-0.4, -0.2) is 10.1 Å². The fourth-order valence-corrected chi connectivity index (χ4v) is 2.79. The normalized spacial score (nSPS) is 12.7. The van der Waals surface area contributed by atoms with Crippen LogP contribution in [0.1, 0.15) is 35.6 Å². The third kappa shape index (κ3) is 2.98. The minimum Gasteiger partial charge on any atom is -0.436 e. The van der Waals surface area contributed by atoms with Gasteiger partial charge in [-0.25, -0.2) is 9.37 Å². The molecule has 19 heavy (non-hydrogen) atoms. The molecule has 1 aromatic carbocycles. The minimum absolute atomic E-state index is 0.319. The lowest BCUT2D eigenvalue weighted by molar-refractivity contribution is 0.195. The molecule has 0 aliphatic rings. The Labute approximate surface area is 115 Å². The summed E-state index contributed by atoms with van der Waals surface area (Å²) < 4.78 is 19.1. The number of halogens is 1. The maximum atomic E-state index is 13.6. The van der Waals surface area contributed by atoms with Crippen molar-refractivity contribution < 1.29 is 13.9 Å². The van der Waals surface area contributed by atoms with Gasteiger partial charge in [0.15, 0.2) is 0 Å². The van der Waals surface area contributed by atoms with Crippen molar-refractivity contribution in [2.75, 3.05) is 0 Å². The number of benzene rings is 1. The van der Waals surface area contributed by atoms with Gasteiger partial charge in [0.05, 0.1) is 11.8 Å². The highest BCUT2D eigenvalue weighted by Gasteiger charge is 2.15. The van der Waals surface area contributed by atoms with Gasteiger partial charge in [-0.05, 0) is 62.7 Å². The SMILES string of the molecule is Cc1cc(Sc2nc(C)c(C)o2)c([C@H](C)O)cc1F. The average molecular weight is 281 g/mol. The second-order valence-corrected chi connectivity index (χ2v) is 5.53. The van der Waals surface area contributed by atoms with Crippen LogP contribution in [0.3, 0.4) is 0 Å². The zero-order valence-electron chi connectivity index (χ0n) is 11.3. The molecular formula is C14H16FNO2S. The number of aliphatic hydroxyl groups is 1. The van der Waals surface area contributed by atoms with Crippen LogP contribution in [-0.2, 0) is 0 Å².